The van der Waals surface area contributed by atoms with Crippen molar-refractivity contribution in [2.45, 2.75) is 6.04 Å². The van der Waals surface area contributed by atoms with Gasteiger partial charge in [-0.2, -0.15) is 0 Å². The second-order valence-electron chi connectivity index (χ2n) is 7.31. The Labute approximate surface area is 183 Å². The molecular weight excluding hydrogens is 423 g/mol. The molecule has 0 spiro atoms. The van der Waals surface area contributed by atoms with Gasteiger partial charge in [0.25, 0.3) is 11.7 Å². The lowest BCUT2D eigenvalue weighted by molar-refractivity contribution is -0.140. The van der Waals surface area contributed by atoms with Crippen molar-refractivity contribution in [3.63, 3.8) is 0 Å². The van der Waals surface area contributed by atoms with E-state index in [0.717, 1.165) is 24.0 Å². The summed E-state index contributed by atoms with van der Waals surface area (Å²) in [5.41, 5.74) is 0.0880. The summed E-state index contributed by atoms with van der Waals surface area (Å²) < 4.78 is 24.5. The number of amides is 1. The van der Waals surface area contributed by atoms with Gasteiger partial charge in [-0.1, -0.05) is 6.07 Å². The maximum absolute atomic E-state index is 14.2. The number of ether oxygens (including phenoxy) is 2. The minimum Gasteiger partial charge on any atom is -0.507 e. The Morgan fingerprint density at radius 2 is 2.03 bits per heavy atom. The quantitative estimate of drug-likeness (QED) is 0.418. The lowest BCUT2D eigenvalue weighted by Crippen LogP contribution is -2.42. The molecule has 4 rings (SSSR count). The lowest BCUT2D eigenvalue weighted by atomic mass is 9.99. The first-order valence-corrected chi connectivity index (χ1v) is 10.8. The molecule has 2 saturated heterocycles. The number of rotatable bonds is 6. The number of hydrogen-bond donors (Lipinski definition) is 1. The maximum Gasteiger partial charge on any atom is 0.295 e. The van der Waals surface area contributed by atoms with Crippen LogP contribution in [0.4, 0.5) is 4.39 Å². The van der Waals surface area contributed by atoms with Crippen molar-refractivity contribution in [3.05, 3.63) is 57.5 Å². The molecule has 1 atom stereocenters. The Bertz CT molecular complexity index is 1000. The highest BCUT2D eigenvalue weighted by Gasteiger charge is 2.46. The van der Waals surface area contributed by atoms with Gasteiger partial charge in [-0.25, -0.2) is 4.39 Å². The molecule has 2 fully saturated rings. The number of morpholine rings is 1. The van der Waals surface area contributed by atoms with Gasteiger partial charge in [-0.3, -0.25) is 14.5 Å². The third-order valence-corrected chi connectivity index (χ3v) is 6.46. The highest BCUT2D eigenvalue weighted by Crippen LogP contribution is 2.41. The molecule has 0 bridgehead atoms. The molecule has 1 aromatic carbocycles. The van der Waals surface area contributed by atoms with Crippen molar-refractivity contribution in [2.75, 3.05) is 46.5 Å². The van der Waals surface area contributed by atoms with Crippen molar-refractivity contribution in [1.29, 1.82) is 0 Å². The third-order valence-electron chi connectivity index (χ3n) is 5.54. The van der Waals surface area contributed by atoms with Crippen LogP contribution in [0, 0.1) is 5.82 Å². The molecule has 164 valence electrons. The zero-order valence-corrected chi connectivity index (χ0v) is 17.9. The predicted octanol–water partition coefficient (Wildman–Crippen LogP) is 2.65. The zero-order valence-electron chi connectivity index (χ0n) is 17.0. The summed E-state index contributed by atoms with van der Waals surface area (Å²) in [6, 6.07) is 6.87. The highest BCUT2D eigenvalue weighted by atomic mass is 32.1. The minimum absolute atomic E-state index is 0.0253. The topological polar surface area (TPSA) is 79.3 Å². The van der Waals surface area contributed by atoms with Gasteiger partial charge in [0.15, 0.2) is 11.6 Å². The Kier molecular flexibility index (Phi) is 6.35. The average molecular weight is 447 g/mol. The number of aliphatic hydroxyl groups is 1. The molecular formula is C22H23FN2O5S. The zero-order chi connectivity index (χ0) is 22.0. The van der Waals surface area contributed by atoms with E-state index in [1.807, 2.05) is 17.5 Å². The first-order chi connectivity index (χ1) is 15.0. The largest absolute Gasteiger partial charge is 0.507 e. The normalized spacial score (nSPS) is 21.6. The Morgan fingerprint density at radius 3 is 2.68 bits per heavy atom. The Balaban J connectivity index is 1.70. The van der Waals surface area contributed by atoms with Gasteiger partial charge in [0.1, 0.15) is 5.76 Å². The summed E-state index contributed by atoms with van der Waals surface area (Å²) in [6.07, 6.45) is 0. The summed E-state index contributed by atoms with van der Waals surface area (Å²) in [4.78, 5) is 30.3. The summed E-state index contributed by atoms with van der Waals surface area (Å²) in [7, 11) is 1.34. The molecule has 0 unspecified atom stereocenters. The average Bonchev–Trinajstić information content (AvgIpc) is 3.40. The number of aliphatic hydroxyl groups excluding tert-OH is 1. The molecule has 0 aliphatic carbocycles. The molecule has 9 heteroatoms. The fourth-order valence-electron chi connectivity index (χ4n) is 3.90. The van der Waals surface area contributed by atoms with Crippen molar-refractivity contribution in [2.24, 2.45) is 0 Å². The molecule has 3 heterocycles. The molecule has 7 nitrogen and oxygen atoms in total. The first-order valence-electron chi connectivity index (χ1n) is 9.97. The van der Waals surface area contributed by atoms with E-state index in [-0.39, 0.29) is 16.9 Å². The number of nitrogens with zero attached hydrogens (tertiary/aromatic N) is 2. The van der Waals surface area contributed by atoms with Crippen LogP contribution in [-0.4, -0.2) is 73.1 Å². The number of halogens is 1. The van der Waals surface area contributed by atoms with Gasteiger partial charge in [0.2, 0.25) is 0 Å². The van der Waals surface area contributed by atoms with Crippen LogP contribution in [0.25, 0.3) is 5.76 Å². The van der Waals surface area contributed by atoms with Crippen LogP contribution in [0.15, 0.2) is 41.3 Å². The summed E-state index contributed by atoms with van der Waals surface area (Å²) >= 11 is 1.40. The molecule has 1 aromatic heterocycles. The second-order valence-corrected chi connectivity index (χ2v) is 8.29. The van der Waals surface area contributed by atoms with Crippen LogP contribution < -0.4 is 4.74 Å². The number of Topliss-reactive ketones (excluding diaryl/α,β-unsaturated/α-hetero) is 1. The van der Waals surface area contributed by atoms with E-state index in [0.29, 0.717) is 26.3 Å². The third kappa shape index (κ3) is 4.21. The van der Waals surface area contributed by atoms with Gasteiger partial charge in [-0.15, -0.1) is 11.3 Å². The first kappa shape index (κ1) is 21.5. The van der Waals surface area contributed by atoms with E-state index in [4.69, 9.17) is 9.47 Å². The smallest absolute Gasteiger partial charge is 0.295 e. The summed E-state index contributed by atoms with van der Waals surface area (Å²) in [6.45, 7) is 3.72. The van der Waals surface area contributed by atoms with Crippen LogP contribution >= 0.6 is 11.3 Å². The summed E-state index contributed by atoms with van der Waals surface area (Å²) in [5, 5.41) is 12.8. The second kappa shape index (κ2) is 9.17. The van der Waals surface area contributed by atoms with E-state index in [1.54, 1.807) is 0 Å². The SMILES string of the molecule is COc1ccc(C(O)=C2C(=O)C(=O)N(CCN3CCOCC3)[C@H]2c2cccs2)cc1F. The van der Waals surface area contributed by atoms with Crippen molar-refractivity contribution < 1.29 is 28.6 Å². The molecule has 31 heavy (non-hydrogen) atoms. The maximum atomic E-state index is 14.2. The summed E-state index contributed by atoms with van der Waals surface area (Å²) in [5.74, 6) is -2.47. The number of hydrogen-bond acceptors (Lipinski definition) is 7. The molecule has 2 aromatic rings. The van der Waals surface area contributed by atoms with Crippen molar-refractivity contribution >= 4 is 28.8 Å². The molecule has 0 saturated carbocycles. The van der Waals surface area contributed by atoms with Crippen LogP contribution in [-0.2, 0) is 14.3 Å². The predicted molar refractivity (Wildman–Crippen MR) is 114 cm³/mol. The van der Waals surface area contributed by atoms with Gasteiger partial charge in [0, 0.05) is 36.6 Å². The van der Waals surface area contributed by atoms with Gasteiger partial charge in [-0.05, 0) is 29.6 Å². The molecule has 1 N–H and O–H groups in total. The van der Waals surface area contributed by atoms with E-state index >= 15 is 0 Å². The van der Waals surface area contributed by atoms with Gasteiger partial charge >= 0.3 is 0 Å². The number of ketones is 1. The van der Waals surface area contributed by atoms with E-state index in [2.05, 4.69) is 4.90 Å². The van der Waals surface area contributed by atoms with Crippen molar-refractivity contribution in [1.82, 2.24) is 9.80 Å². The minimum atomic E-state index is -0.769. The van der Waals surface area contributed by atoms with E-state index in [1.165, 1.54) is 35.5 Å². The highest BCUT2D eigenvalue weighted by molar-refractivity contribution is 7.10. The van der Waals surface area contributed by atoms with Gasteiger partial charge in [0.05, 0.1) is 31.9 Å². The molecule has 2 aliphatic rings. The fraction of sp³-hybridized carbons (Fsp3) is 0.364. The molecule has 1 amide bonds. The standard InChI is InChI=1S/C22H23FN2O5S/c1-29-16-5-4-14(13-15(16)23)20(26)18-19(17-3-2-12-31-17)25(22(28)21(18)27)7-6-24-8-10-30-11-9-24/h2-5,12-13,19,26H,6-11H2,1H3/t19-/m0/s1. The molecule has 0 radical (unpaired) electrons. The Morgan fingerprint density at radius 1 is 1.26 bits per heavy atom. The number of thiophene rings is 1. The monoisotopic (exact) mass is 446 g/mol. The number of carbonyl (C=O) groups excluding carboxylic acids is 2. The number of likely N-dealkylation sites (tertiary alicyclic amines) is 1. The number of carbonyl (C=O) groups is 2. The lowest BCUT2D eigenvalue weighted by Gasteiger charge is -2.30. The van der Waals surface area contributed by atoms with Crippen LogP contribution in [0.3, 0.4) is 0 Å². The van der Waals surface area contributed by atoms with Crippen molar-refractivity contribution in [3.8, 4) is 5.75 Å². The van der Waals surface area contributed by atoms with Crippen LogP contribution in [0.2, 0.25) is 0 Å². The fourth-order valence-corrected chi connectivity index (χ4v) is 4.74. The van der Waals surface area contributed by atoms with Crippen LogP contribution in [0.1, 0.15) is 16.5 Å². The van der Waals surface area contributed by atoms with E-state index in [9.17, 15) is 19.1 Å². The van der Waals surface area contributed by atoms with E-state index < -0.39 is 29.3 Å². The van der Waals surface area contributed by atoms with Crippen LogP contribution in [0.5, 0.6) is 5.75 Å². The number of methoxy groups -OCH3 is 1. The Hall–Kier alpha value is -2.75. The van der Waals surface area contributed by atoms with Gasteiger partial charge < -0.3 is 19.5 Å². The number of benzene rings is 1. The molecule has 2 aliphatic heterocycles.